The number of hydrogen-bond acceptors (Lipinski definition) is 4. The molecule has 0 spiro atoms. The number of sulfonamides is 1. The maximum Gasteiger partial charge on any atom is 0.248 e. The molecule has 2 heterocycles. The fraction of sp³-hybridized carbons (Fsp3) is 0.400. The quantitative estimate of drug-likeness (QED) is 0.781. The molecule has 0 amide bonds. The van der Waals surface area contributed by atoms with Crippen molar-refractivity contribution in [2.45, 2.75) is 37.3 Å². The van der Waals surface area contributed by atoms with Gasteiger partial charge in [-0.05, 0) is 38.0 Å². The van der Waals surface area contributed by atoms with E-state index in [0.717, 1.165) is 35.0 Å². The fourth-order valence-electron chi connectivity index (χ4n) is 3.99. The van der Waals surface area contributed by atoms with Gasteiger partial charge in [-0.2, -0.15) is 4.31 Å². The topological polar surface area (TPSA) is 49.9 Å². The van der Waals surface area contributed by atoms with Crippen molar-refractivity contribution in [1.82, 2.24) is 4.31 Å². The zero-order chi connectivity index (χ0) is 19.9. The van der Waals surface area contributed by atoms with E-state index in [1.807, 2.05) is 6.92 Å². The first kappa shape index (κ1) is 19.3. The van der Waals surface area contributed by atoms with Crippen LogP contribution in [0.1, 0.15) is 24.0 Å². The van der Waals surface area contributed by atoms with Crippen LogP contribution in [0, 0.1) is 18.6 Å². The molecule has 0 bridgehead atoms. The van der Waals surface area contributed by atoms with Crippen LogP contribution in [0.2, 0.25) is 0 Å². The number of hydrogen-bond donors (Lipinski definition) is 0. The van der Waals surface area contributed by atoms with E-state index in [-0.39, 0.29) is 19.1 Å². The second-order valence-corrected chi connectivity index (χ2v) is 9.14. The first-order chi connectivity index (χ1) is 13.4. The first-order valence-electron chi connectivity index (χ1n) is 9.26. The summed E-state index contributed by atoms with van der Waals surface area (Å²) in [6.07, 6.45) is 1.12. The lowest BCUT2D eigenvalue weighted by Gasteiger charge is -2.41. The van der Waals surface area contributed by atoms with Gasteiger partial charge in [0.15, 0.2) is 4.90 Å². The van der Waals surface area contributed by atoms with E-state index in [9.17, 15) is 17.2 Å². The number of rotatable bonds is 3. The Labute approximate surface area is 163 Å². The summed E-state index contributed by atoms with van der Waals surface area (Å²) in [5.74, 6) is -2.12. The highest BCUT2D eigenvalue weighted by Gasteiger charge is 2.36. The van der Waals surface area contributed by atoms with Crippen LogP contribution >= 0.6 is 0 Å². The van der Waals surface area contributed by atoms with E-state index in [1.54, 1.807) is 0 Å². The van der Waals surface area contributed by atoms with Crippen molar-refractivity contribution >= 4 is 15.7 Å². The first-order valence-corrected chi connectivity index (χ1v) is 10.7. The van der Waals surface area contributed by atoms with Crippen molar-refractivity contribution in [2.24, 2.45) is 0 Å². The molecule has 0 N–H and O–H groups in total. The minimum absolute atomic E-state index is 0.110. The number of piperidine rings is 1. The molecular formula is C20H22F2N2O3S. The molecule has 0 saturated carbocycles. The summed E-state index contributed by atoms with van der Waals surface area (Å²) in [6.45, 7) is 3.46. The van der Waals surface area contributed by atoms with Crippen molar-refractivity contribution < 1.29 is 21.9 Å². The van der Waals surface area contributed by atoms with Crippen LogP contribution in [-0.4, -0.2) is 38.6 Å². The Morgan fingerprint density at radius 2 is 1.75 bits per heavy atom. The standard InChI is InChI=1S/C20H22F2N2O3S/c1-14-5-6-19-15(11-14)12-27-13-24(19)16-7-9-23(10-8-16)28(25,26)20-17(21)3-2-4-18(20)22/h2-6,11,16H,7-10,12-13H2,1H3. The predicted octanol–water partition coefficient (Wildman–Crippen LogP) is 3.42. The molecule has 8 heteroatoms. The largest absolute Gasteiger partial charge is 0.356 e. The van der Waals surface area contributed by atoms with Gasteiger partial charge in [-0.1, -0.05) is 23.8 Å². The van der Waals surface area contributed by atoms with Crippen LogP contribution in [0.5, 0.6) is 0 Å². The smallest absolute Gasteiger partial charge is 0.248 e. The molecular weight excluding hydrogens is 386 g/mol. The van der Waals surface area contributed by atoms with E-state index >= 15 is 0 Å². The lowest BCUT2D eigenvalue weighted by Crippen LogP contribution is -2.48. The van der Waals surface area contributed by atoms with E-state index in [1.165, 1.54) is 4.31 Å². The highest BCUT2D eigenvalue weighted by molar-refractivity contribution is 7.89. The molecule has 2 aromatic rings. The summed E-state index contributed by atoms with van der Waals surface area (Å²) >= 11 is 0. The summed E-state index contributed by atoms with van der Waals surface area (Å²) in [4.78, 5) is 1.29. The summed E-state index contributed by atoms with van der Waals surface area (Å²) in [5.41, 5.74) is 3.39. The summed E-state index contributed by atoms with van der Waals surface area (Å²) in [6, 6.07) is 9.42. The van der Waals surface area contributed by atoms with Gasteiger partial charge >= 0.3 is 0 Å². The third-order valence-corrected chi connectivity index (χ3v) is 7.36. The molecule has 2 aliphatic heterocycles. The van der Waals surface area contributed by atoms with E-state index < -0.39 is 26.6 Å². The molecule has 1 fully saturated rings. The Hall–Kier alpha value is -2.03. The normalized spacial score (nSPS) is 18.9. The number of ether oxygens (including phenoxy) is 1. The zero-order valence-electron chi connectivity index (χ0n) is 15.6. The molecule has 28 heavy (non-hydrogen) atoms. The van der Waals surface area contributed by atoms with Gasteiger partial charge < -0.3 is 9.64 Å². The van der Waals surface area contributed by atoms with Crippen molar-refractivity contribution in [3.05, 3.63) is 59.2 Å². The molecule has 0 atom stereocenters. The van der Waals surface area contributed by atoms with Crippen LogP contribution < -0.4 is 4.90 Å². The number of benzene rings is 2. The Balaban J connectivity index is 1.52. The number of anilines is 1. The maximum absolute atomic E-state index is 14.0. The summed E-state index contributed by atoms with van der Waals surface area (Å²) in [7, 11) is -4.21. The summed E-state index contributed by atoms with van der Waals surface area (Å²) < 4.78 is 60.4. The van der Waals surface area contributed by atoms with Crippen LogP contribution in [0.4, 0.5) is 14.5 Å². The van der Waals surface area contributed by atoms with Crippen molar-refractivity contribution in [1.29, 1.82) is 0 Å². The molecule has 0 aliphatic carbocycles. The Morgan fingerprint density at radius 1 is 1.07 bits per heavy atom. The van der Waals surface area contributed by atoms with Gasteiger partial charge in [0.1, 0.15) is 18.4 Å². The molecule has 2 aliphatic rings. The van der Waals surface area contributed by atoms with Crippen LogP contribution in [-0.2, 0) is 21.4 Å². The average Bonchev–Trinajstić information content (AvgIpc) is 2.67. The highest BCUT2D eigenvalue weighted by Crippen LogP contribution is 2.33. The SMILES string of the molecule is Cc1ccc2c(c1)COCN2C1CCN(S(=O)(=O)c2c(F)cccc2F)CC1. The van der Waals surface area contributed by atoms with Gasteiger partial charge in [0, 0.05) is 30.4 Å². The number of halogens is 2. The highest BCUT2D eigenvalue weighted by atomic mass is 32.2. The zero-order valence-corrected chi connectivity index (χ0v) is 16.4. The molecule has 150 valence electrons. The third-order valence-electron chi connectivity index (χ3n) is 5.41. The molecule has 0 radical (unpaired) electrons. The predicted molar refractivity (Wildman–Crippen MR) is 101 cm³/mol. The van der Waals surface area contributed by atoms with Gasteiger partial charge in [-0.15, -0.1) is 0 Å². The molecule has 5 nitrogen and oxygen atoms in total. The monoisotopic (exact) mass is 408 g/mol. The lowest BCUT2D eigenvalue weighted by molar-refractivity contribution is 0.0987. The van der Waals surface area contributed by atoms with Gasteiger partial charge in [0.05, 0.1) is 6.61 Å². The molecule has 2 aromatic carbocycles. The Kier molecular flexibility index (Phi) is 5.11. The van der Waals surface area contributed by atoms with Gasteiger partial charge in [0.2, 0.25) is 10.0 Å². The Morgan fingerprint density at radius 3 is 2.43 bits per heavy atom. The van der Waals surface area contributed by atoms with E-state index in [2.05, 4.69) is 23.1 Å². The second kappa shape index (κ2) is 7.42. The number of nitrogens with zero attached hydrogens (tertiary/aromatic N) is 2. The fourth-order valence-corrected chi connectivity index (χ4v) is 5.57. The van der Waals surface area contributed by atoms with Gasteiger partial charge in [-0.25, -0.2) is 17.2 Å². The minimum atomic E-state index is -4.21. The van der Waals surface area contributed by atoms with Crippen LogP contribution in [0.3, 0.4) is 0 Å². The van der Waals surface area contributed by atoms with Crippen molar-refractivity contribution in [3.8, 4) is 0 Å². The van der Waals surface area contributed by atoms with Gasteiger partial charge in [0.25, 0.3) is 0 Å². The molecule has 4 rings (SSSR count). The number of aryl methyl sites for hydroxylation is 1. The Bertz CT molecular complexity index is 969. The minimum Gasteiger partial charge on any atom is -0.356 e. The second-order valence-electron chi connectivity index (χ2n) is 7.27. The average molecular weight is 408 g/mol. The van der Waals surface area contributed by atoms with E-state index in [0.29, 0.717) is 26.2 Å². The van der Waals surface area contributed by atoms with Crippen molar-refractivity contribution in [3.63, 3.8) is 0 Å². The van der Waals surface area contributed by atoms with Crippen molar-refractivity contribution in [2.75, 3.05) is 24.7 Å². The lowest BCUT2D eigenvalue weighted by atomic mass is 10.0. The van der Waals surface area contributed by atoms with Crippen LogP contribution in [0.15, 0.2) is 41.3 Å². The maximum atomic E-state index is 14.0. The van der Waals surface area contributed by atoms with Gasteiger partial charge in [-0.3, -0.25) is 0 Å². The molecule has 1 saturated heterocycles. The third kappa shape index (κ3) is 3.40. The van der Waals surface area contributed by atoms with E-state index in [4.69, 9.17) is 4.74 Å². The van der Waals surface area contributed by atoms with Crippen LogP contribution in [0.25, 0.3) is 0 Å². The molecule has 0 aromatic heterocycles. The molecule has 0 unspecified atom stereocenters. The number of fused-ring (bicyclic) bond motifs is 1. The summed E-state index contributed by atoms with van der Waals surface area (Å²) in [5, 5.41) is 0.